The number of aliphatic hydroxyl groups is 1. The maximum absolute atomic E-state index is 10.2. The lowest BCUT2D eigenvalue weighted by Gasteiger charge is -2.40. The first kappa shape index (κ1) is 12.9. The molecule has 0 amide bonds. The van der Waals surface area contributed by atoms with Gasteiger partial charge in [-0.15, -0.1) is 0 Å². The van der Waals surface area contributed by atoms with Crippen LogP contribution in [0.5, 0.6) is 0 Å². The highest BCUT2D eigenvalue weighted by Crippen LogP contribution is 2.50. The molecule has 1 nitrogen and oxygen atoms in total. The summed E-state index contributed by atoms with van der Waals surface area (Å²) in [6, 6.07) is 0. The SMILES string of the molecule is CC1=CC([C@H]2CC=C(C)C2(C)C)CCC1(C)O. The van der Waals surface area contributed by atoms with Gasteiger partial charge in [0, 0.05) is 0 Å². The van der Waals surface area contributed by atoms with Gasteiger partial charge >= 0.3 is 0 Å². The standard InChI is InChI=1S/C16H26O/c1-11-6-7-14(15(11,3)4)13-8-9-16(5,17)12(2)10-13/h6,10,13-14,17H,7-9H2,1-5H3/t13?,14-,16?/m1/s1. The van der Waals surface area contributed by atoms with Gasteiger partial charge in [0.2, 0.25) is 0 Å². The number of hydrogen-bond acceptors (Lipinski definition) is 1. The van der Waals surface area contributed by atoms with Crippen LogP contribution < -0.4 is 0 Å². The average molecular weight is 234 g/mol. The molecule has 2 aliphatic carbocycles. The van der Waals surface area contributed by atoms with E-state index in [-0.39, 0.29) is 0 Å². The van der Waals surface area contributed by atoms with Crippen LogP contribution in [0.15, 0.2) is 23.3 Å². The molecule has 0 aromatic heterocycles. The van der Waals surface area contributed by atoms with Crippen LogP contribution in [0.1, 0.15) is 53.9 Å². The summed E-state index contributed by atoms with van der Waals surface area (Å²) in [5, 5.41) is 10.2. The lowest BCUT2D eigenvalue weighted by Crippen LogP contribution is -2.35. The van der Waals surface area contributed by atoms with Crippen molar-refractivity contribution in [3.05, 3.63) is 23.3 Å². The first-order chi connectivity index (χ1) is 7.75. The predicted molar refractivity (Wildman–Crippen MR) is 72.7 cm³/mol. The first-order valence-corrected chi connectivity index (χ1v) is 6.83. The van der Waals surface area contributed by atoms with E-state index in [0.29, 0.717) is 17.3 Å². The Morgan fingerprint density at radius 3 is 2.29 bits per heavy atom. The third-order valence-corrected chi connectivity index (χ3v) is 5.42. The molecule has 3 atom stereocenters. The Bertz CT molecular complexity index is 371. The van der Waals surface area contributed by atoms with Crippen molar-refractivity contribution in [3.63, 3.8) is 0 Å². The maximum atomic E-state index is 10.2. The third-order valence-electron chi connectivity index (χ3n) is 5.42. The Morgan fingerprint density at radius 1 is 1.18 bits per heavy atom. The Labute approximate surface area is 106 Å². The molecule has 2 rings (SSSR count). The van der Waals surface area contributed by atoms with Crippen molar-refractivity contribution < 1.29 is 5.11 Å². The Hall–Kier alpha value is -0.560. The summed E-state index contributed by atoms with van der Waals surface area (Å²) in [5.74, 6) is 1.35. The van der Waals surface area contributed by atoms with E-state index >= 15 is 0 Å². The lowest BCUT2D eigenvalue weighted by atomic mass is 9.66. The van der Waals surface area contributed by atoms with Gasteiger partial charge < -0.3 is 5.11 Å². The molecule has 0 fully saturated rings. The summed E-state index contributed by atoms with van der Waals surface area (Å²) in [5.41, 5.74) is 2.45. The summed E-state index contributed by atoms with van der Waals surface area (Å²) in [6.07, 6.45) is 7.98. The van der Waals surface area contributed by atoms with Gasteiger partial charge in [-0.3, -0.25) is 0 Å². The smallest absolute Gasteiger partial charge is 0.0826 e. The number of allylic oxidation sites excluding steroid dienone is 3. The minimum Gasteiger partial charge on any atom is -0.386 e. The predicted octanol–water partition coefficient (Wildman–Crippen LogP) is 4.09. The first-order valence-electron chi connectivity index (χ1n) is 6.83. The zero-order valence-electron chi connectivity index (χ0n) is 11.9. The topological polar surface area (TPSA) is 20.2 Å². The molecule has 1 heteroatoms. The van der Waals surface area contributed by atoms with Crippen LogP contribution in [0, 0.1) is 17.3 Å². The number of rotatable bonds is 1. The second-order valence-electron chi connectivity index (χ2n) is 6.78. The van der Waals surface area contributed by atoms with Crippen molar-refractivity contribution in [2.75, 3.05) is 0 Å². The van der Waals surface area contributed by atoms with Crippen LogP contribution in [0.25, 0.3) is 0 Å². The molecule has 0 aromatic carbocycles. The molecule has 0 heterocycles. The van der Waals surface area contributed by atoms with E-state index in [1.165, 1.54) is 12.0 Å². The molecule has 0 saturated carbocycles. The molecule has 17 heavy (non-hydrogen) atoms. The molecule has 0 spiro atoms. The van der Waals surface area contributed by atoms with Crippen LogP contribution in [0.3, 0.4) is 0 Å². The molecular formula is C16H26O. The van der Waals surface area contributed by atoms with Crippen molar-refractivity contribution in [1.82, 2.24) is 0 Å². The van der Waals surface area contributed by atoms with E-state index < -0.39 is 5.60 Å². The highest BCUT2D eigenvalue weighted by atomic mass is 16.3. The minimum atomic E-state index is -0.568. The lowest BCUT2D eigenvalue weighted by molar-refractivity contribution is 0.0634. The van der Waals surface area contributed by atoms with Crippen molar-refractivity contribution in [1.29, 1.82) is 0 Å². The van der Waals surface area contributed by atoms with E-state index in [0.717, 1.165) is 18.4 Å². The normalized spacial score (nSPS) is 41.1. The molecule has 0 bridgehead atoms. The van der Waals surface area contributed by atoms with Crippen molar-refractivity contribution in [2.24, 2.45) is 17.3 Å². The van der Waals surface area contributed by atoms with Crippen LogP contribution in [0.2, 0.25) is 0 Å². The molecular weight excluding hydrogens is 208 g/mol. The fourth-order valence-corrected chi connectivity index (χ4v) is 3.41. The van der Waals surface area contributed by atoms with Gasteiger partial charge in [-0.05, 0) is 62.9 Å². The second kappa shape index (κ2) is 3.98. The average Bonchev–Trinajstić information content (AvgIpc) is 2.47. The summed E-state index contributed by atoms with van der Waals surface area (Å²) >= 11 is 0. The highest BCUT2D eigenvalue weighted by molar-refractivity contribution is 5.24. The van der Waals surface area contributed by atoms with Gasteiger partial charge in [-0.1, -0.05) is 31.6 Å². The zero-order valence-corrected chi connectivity index (χ0v) is 11.9. The van der Waals surface area contributed by atoms with E-state index in [1.54, 1.807) is 0 Å². The van der Waals surface area contributed by atoms with Gasteiger partial charge in [0.05, 0.1) is 5.60 Å². The van der Waals surface area contributed by atoms with E-state index in [9.17, 15) is 5.11 Å². The number of hydrogen-bond donors (Lipinski definition) is 1. The largest absolute Gasteiger partial charge is 0.386 e. The molecule has 0 saturated heterocycles. The third kappa shape index (κ3) is 2.10. The molecule has 0 radical (unpaired) electrons. The molecule has 2 unspecified atom stereocenters. The zero-order chi connectivity index (χ0) is 12.8. The van der Waals surface area contributed by atoms with E-state index in [4.69, 9.17) is 0 Å². The Kier molecular flexibility index (Phi) is 3.02. The van der Waals surface area contributed by atoms with E-state index in [1.807, 2.05) is 6.92 Å². The molecule has 0 aliphatic heterocycles. The van der Waals surface area contributed by atoms with Crippen LogP contribution in [-0.4, -0.2) is 10.7 Å². The second-order valence-corrected chi connectivity index (χ2v) is 6.78. The molecule has 1 N–H and O–H groups in total. The minimum absolute atomic E-state index is 0.324. The van der Waals surface area contributed by atoms with Crippen LogP contribution in [-0.2, 0) is 0 Å². The van der Waals surface area contributed by atoms with Crippen molar-refractivity contribution in [2.45, 2.75) is 59.5 Å². The maximum Gasteiger partial charge on any atom is 0.0826 e. The summed E-state index contributed by atoms with van der Waals surface area (Å²) in [7, 11) is 0. The summed E-state index contributed by atoms with van der Waals surface area (Å²) in [4.78, 5) is 0. The highest BCUT2D eigenvalue weighted by Gasteiger charge is 2.41. The van der Waals surface area contributed by atoms with Gasteiger partial charge in [-0.2, -0.15) is 0 Å². The van der Waals surface area contributed by atoms with Gasteiger partial charge in [0.1, 0.15) is 0 Å². The van der Waals surface area contributed by atoms with Gasteiger partial charge in [-0.25, -0.2) is 0 Å². The van der Waals surface area contributed by atoms with Crippen molar-refractivity contribution >= 4 is 0 Å². The van der Waals surface area contributed by atoms with Crippen LogP contribution >= 0.6 is 0 Å². The van der Waals surface area contributed by atoms with Crippen molar-refractivity contribution in [3.8, 4) is 0 Å². The summed E-state index contributed by atoms with van der Waals surface area (Å²) < 4.78 is 0. The molecule has 0 aromatic rings. The molecule has 96 valence electrons. The Balaban J connectivity index is 2.20. The fraction of sp³-hybridized carbons (Fsp3) is 0.750. The monoisotopic (exact) mass is 234 g/mol. The fourth-order valence-electron chi connectivity index (χ4n) is 3.41. The van der Waals surface area contributed by atoms with Gasteiger partial charge in [0.15, 0.2) is 0 Å². The molecule has 2 aliphatic rings. The Morgan fingerprint density at radius 2 is 1.82 bits per heavy atom. The quantitative estimate of drug-likeness (QED) is 0.678. The van der Waals surface area contributed by atoms with Crippen LogP contribution in [0.4, 0.5) is 0 Å². The van der Waals surface area contributed by atoms with Gasteiger partial charge in [0.25, 0.3) is 0 Å². The summed E-state index contributed by atoms with van der Waals surface area (Å²) in [6.45, 7) is 11.0. The van der Waals surface area contributed by atoms with E-state index in [2.05, 4.69) is 39.8 Å².